The normalized spacial score (nSPS) is 18.6. The van der Waals surface area contributed by atoms with E-state index in [1.807, 2.05) is 13.0 Å². The van der Waals surface area contributed by atoms with Gasteiger partial charge in [0.05, 0.1) is 5.69 Å². The zero-order valence-electron chi connectivity index (χ0n) is 10.2. The Hall–Kier alpha value is -0.830. The minimum atomic E-state index is 0.841. The van der Waals surface area contributed by atoms with Crippen LogP contribution in [0.15, 0.2) is 10.6 Å². The van der Waals surface area contributed by atoms with Crippen molar-refractivity contribution >= 4 is 0 Å². The standard InChI is InChI=1S/C13H22N2O/c1-11-8-13(15-16-11)10-14-9-12-6-4-2-3-5-7-12/h8,12,14H,2-7,9-10H2,1H3. The van der Waals surface area contributed by atoms with E-state index in [9.17, 15) is 0 Å². The van der Waals surface area contributed by atoms with Crippen LogP contribution in [0.5, 0.6) is 0 Å². The Kier molecular flexibility index (Phi) is 4.40. The Morgan fingerprint density at radius 3 is 2.69 bits per heavy atom. The Morgan fingerprint density at radius 2 is 2.06 bits per heavy atom. The molecule has 16 heavy (non-hydrogen) atoms. The third-order valence-electron chi connectivity index (χ3n) is 3.39. The molecule has 1 aliphatic carbocycles. The third kappa shape index (κ3) is 3.63. The van der Waals surface area contributed by atoms with E-state index >= 15 is 0 Å². The molecule has 1 aliphatic rings. The SMILES string of the molecule is Cc1cc(CNCC2CCCCCC2)no1. The summed E-state index contributed by atoms with van der Waals surface area (Å²) in [7, 11) is 0. The first-order valence-corrected chi connectivity index (χ1v) is 6.47. The number of nitrogens with zero attached hydrogens (tertiary/aromatic N) is 1. The molecule has 3 nitrogen and oxygen atoms in total. The van der Waals surface area contributed by atoms with E-state index in [-0.39, 0.29) is 0 Å². The van der Waals surface area contributed by atoms with Gasteiger partial charge >= 0.3 is 0 Å². The summed E-state index contributed by atoms with van der Waals surface area (Å²) in [6.45, 7) is 3.90. The molecule has 0 aromatic carbocycles. The lowest BCUT2D eigenvalue weighted by molar-refractivity contribution is 0.382. The van der Waals surface area contributed by atoms with Crippen molar-refractivity contribution < 1.29 is 4.52 Å². The quantitative estimate of drug-likeness (QED) is 0.796. The molecule has 1 aromatic rings. The van der Waals surface area contributed by atoms with Gasteiger partial charge < -0.3 is 9.84 Å². The molecule has 3 heteroatoms. The summed E-state index contributed by atoms with van der Waals surface area (Å²) < 4.78 is 5.04. The highest BCUT2D eigenvalue weighted by atomic mass is 16.5. The van der Waals surface area contributed by atoms with Gasteiger partial charge in [-0.15, -0.1) is 0 Å². The Balaban J connectivity index is 1.67. The largest absolute Gasteiger partial charge is 0.361 e. The topological polar surface area (TPSA) is 38.1 Å². The highest BCUT2D eigenvalue weighted by Crippen LogP contribution is 2.22. The Morgan fingerprint density at radius 1 is 1.31 bits per heavy atom. The van der Waals surface area contributed by atoms with Gasteiger partial charge in [-0.05, 0) is 32.2 Å². The first kappa shape index (κ1) is 11.6. The summed E-state index contributed by atoms with van der Waals surface area (Å²) in [6.07, 6.45) is 8.47. The van der Waals surface area contributed by atoms with E-state index in [4.69, 9.17) is 4.52 Å². The summed E-state index contributed by atoms with van der Waals surface area (Å²) in [5.41, 5.74) is 1.02. The molecule has 1 saturated carbocycles. The fourth-order valence-electron chi connectivity index (χ4n) is 2.47. The van der Waals surface area contributed by atoms with E-state index < -0.39 is 0 Å². The fraction of sp³-hybridized carbons (Fsp3) is 0.769. The first-order valence-electron chi connectivity index (χ1n) is 6.47. The number of nitrogens with one attached hydrogen (secondary N) is 1. The van der Waals surface area contributed by atoms with Gasteiger partial charge in [-0.25, -0.2) is 0 Å². The molecule has 0 aliphatic heterocycles. The first-order chi connectivity index (χ1) is 7.84. The second kappa shape index (κ2) is 6.04. The predicted molar refractivity (Wildman–Crippen MR) is 64.1 cm³/mol. The van der Waals surface area contributed by atoms with E-state index in [0.29, 0.717) is 0 Å². The number of aromatic nitrogens is 1. The Labute approximate surface area is 97.6 Å². The van der Waals surface area contributed by atoms with Crippen LogP contribution in [0.3, 0.4) is 0 Å². The van der Waals surface area contributed by atoms with E-state index in [1.165, 1.54) is 38.5 Å². The molecule has 0 saturated heterocycles. The van der Waals surface area contributed by atoms with Gasteiger partial charge in [0.1, 0.15) is 5.76 Å². The minimum absolute atomic E-state index is 0.841. The molecule has 1 aromatic heterocycles. The molecular weight excluding hydrogens is 200 g/mol. The zero-order chi connectivity index (χ0) is 11.2. The van der Waals surface area contributed by atoms with Crippen LogP contribution in [0.25, 0.3) is 0 Å². The average molecular weight is 222 g/mol. The maximum Gasteiger partial charge on any atom is 0.133 e. The van der Waals surface area contributed by atoms with Gasteiger partial charge in [0.15, 0.2) is 0 Å². The third-order valence-corrected chi connectivity index (χ3v) is 3.39. The molecule has 1 fully saturated rings. The van der Waals surface area contributed by atoms with Crippen molar-refractivity contribution in [2.45, 2.75) is 52.0 Å². The van der Waals surface area contributed by atoms with Gasteiger partial charge in [-0.1, -0.05) is 30.8 Å². The monoisotopic (exact) mass is 222 g/mol. The lowest BCUT2D eigenvalue weighted by Gasteiger charge is -2.13. The van der Waals surface area contributed by atoms with Crippen LogP contribution in [0.2, 0.25) is 0 Å². The van der Waals surface area contributed by atoms with Crippen molar-refractivity contribution in [2.24, 2.45) is 5.92 Å². The number of hydrogen-bond donors (Lipinski definition) is 1. The second-order valence-corrected chi connectivity index (χ2v) is 4.92. The van der Waals surface area contributed by atoms with Crippen molar-refractivity contribution in [3.05, 3.63) is 17.5 Å². The van der Waals surface area contributed by atoms with Crippen molar-refractivity contribution in [2.75, 3.05) is 6.54 Å². The smallest absolute Gasteiger partial charge is 0.133 e. The van der Waals surface area contributed by atoms with Crippen LogP contribution >= 0.6 is 0 Å². The van der Waals surface area contributed by atoms with Crippen LogP contribution < -0.4 is 5.32 Å². The lowest BCUT2D eigenvalue weighted by atomic mass is 10.0. The molecule has 0 atom stereocenters. The molecule has 90 valence electrons. The summed E-state index contributed by atoms with van der Waals surface area (Å²) >= 11 is 0. The maximum absolute atomic E-state index is 5.04. The van der Waals surface area contributed by atoms with E-state index in [2.05, 4.69) is 10.5 Å². The van der Waals surface area contributed by atoms with Crippen molar-refractivity contribution in [1.82, 2.24) is 10.5 Å². The number of aryl methyl sites for hydroxylation is 1. The van der Waals surface area contributed by atoms with Crippen molar-refractivity contribution in [1.29, 1.82) is 0 Å². The summed E-state index contributed by atoms with van der Waals surface area (Å²) in [4.78, 5) is 0. The van der Waals surface area contributed by atoms with Gasteiger partial charge in [0, 0.05) is 12.6 Å². The predicted octanol–water partition coefficient (Wildman–Crippen LogP) is 3.04. The average Bonchev–Trinajstić information content (AvgIpc) is 2.54. The molecule has 1 N–H and O–H groups in total. The fourth-order valence-corrected chi connectivity index (χ4v) is 2.47. The van der Waals surface area contributed by atoms with Crippen molar-refractivity contribution in [3.63, 3.8) is 0 Å². The van der Waals surface area contributed by atoms with Crippen LogP contribution in [-0.4, -0.2) is 11.7 Å². The van der Waals surface area contributed by atoms with Crippen molar-refractivity contribution in [3.8, 4) is 0 Å². The van der Waals surface area contributed by atoms with Gasteiger partial charge in [-0.3, -0.25) is 0 Å². The lowest BCUT2D eigenvalue weighted by Crippen LogP contribution is -2.22. The van der Waals surface area contributed by atoms with Gasteiger partial charge in [0.2, 0.25) is 0 Å². The molecule has 1 heterocycles. The van der Waals surface area contributed by atoms with Gasteiger partial charge in [0.25, 0.3) is 0 Å². The maximum atomic E-state index is 5.04. The molecule has 0 unspecified atom stereocenters. The molecule has 2 rings (SSSR count). The number of rotatable bonds is 4. The molecule has 0 radical (unpaired) electrons. The highest BCUT2D eigenvalue weighted by Gasteiger charge is 2.11. The second-order valence-electron chi connectivity index (χ2n) is 4.92. The van der Waals surface area contributed by atoms with Crippen LogP contribution in [0.4, 0.5) is 0 Å². The summed E-state index contributed by atoms with van der Waals surface area (Å²) in [5.74, 6) is 1.77. The van der Waals surface area contributed by atoms with Gasteiger partial charge in [-0.2, -0.15) is 0 Å². The highest BCUT2D eigenvalue weighted by molar-refractivity contribution is 5.02. The summed E-state index contributed by atoms with van der Waals surface area (Å²) in [6, 6.07) is 2.00. The van der Waals surface area contributed by atoms with Crippen LogP contribution in [0.1, 0.15) is 50.0 Å². The van der Waals surface area contributed by atoms with E-state index in [0.717, 1.165) is 30.5 Å². The van der Waals surface area contributed by atoms with Crippen LogP contribution in [-0.2, 0) is 6.54 Å². The summed E-state index contributed by atoms with van der Waals surface area (Å²) in [5, 5.41) is 7.47. The van der Waals surface area contributed by atoms with E-state index in [1.54, 1.807) is 0 Å². The molecular formula is C13H22N2O. The molecule has 0 spiro atoms. The molecule has 0 bridgehead atoms. The number of hydrogen-bond acceptors (Lipinski definition) is 3. The zero-order valence-corrected chi connectivity index (χ0v) is 10.2. The Bertz CT molecular complexity index is 301. The minimum Gasteiger partial charge on any atom is -0.361 e. The van der Waals surface area contributed by atoms with Crippen LogP contribution in [0, 0.1) is 12.8 Å². The molecule has 0 amide bonds.